The van der Waals surface area contributed by atoms with Gasteiger partial charge in [-0.25, -0.2) is 0 Å². The Labute approximate surface area is 149 Å². The molecular formula is C20H25N3O2. The van der Waals surface area contributed by atoms with Crippen molar-refractivity contribution in [2.75, 3.05) is 33.0 Å². The molecule has 0 bridgehead atoms. The van der Waals surface area contributed by atoms with Crippen LogP contribution >= 0.6 is 0 Å². The van der Waals surface area contributed by atoms with Gasteiger partial charge in [-0.3, -0.25) is 14.8 Å². The van der Waals surface area contributed by atoms with E-state index in [1.807, 2.05) is 12.3 Å². The third kappa shape index (κ3) is 3.94. The predicted molar refractivity (Wildman–Crippen MR) is 96.7 cm³/mol. The van der Waals surface area contributed by atoms with Crippen LogP contribution < -0.4 is 9.47 Å². The van der Waals surface area contributed by atoms with E-state index in [0.717, 1.165) is 57.2 Å². The van der Waals surface area contributed by atoms with Crippen molar-refractivity contribution < 1.29 is 9.47 Å². The van der Waals surface area contributed by atoms with Crippen molar-refractivity contribution in [3.05, 3.63) is 53.3 Å². The van der Waals surface area contributed by atoms with Gasteiger partial charge in [0.1, 0.15) is 0 Å². The summed E-state index contributed by atoms with van der Waals surface area (Å²) in [4.78, 5) is 9.57. The zero-order valence-electron chi connectivity index (χ0n) is 14.8. The smallest absolute Gasteiger partial charge is 0.231 e. The average molecular weight is 339 g/mol. The second-order valence-electron chi connectivity index (χ2n) is 6.75. The Hall–Kier alpha value is -2.11. The Balaban J connectivity index is 1.28. The number of fused-ring (bicyclic) bond motifs is 1. The summed E-state index contributed by atoms with van der Waals surface area (Å²) in [6.45, 7) is 8.75. The summed E-state index contributed by atoms with van der Waals surface area (Å²) >= 11 is 0. The maximum absolute atomic E-state index is 5.47. The number of hydrogen-bond donors (Lipinski definition) is 0. The van der Waals surface area contributed by atoms with Gasteiger partial charge in [0.15, 0.2) is 11.5 Å². The molecule has 5 heteroatoms. The molecule has 0 N–H and O–H groups in total. The highest BCUT2D eigenvalue weighted by atomic mass is 16.7. The van der Waals surface area contributed by atoms with Crippen LogP contribution in [0.1, 0.15) is 23.7 Å². The number of aromatic nitrogens is 1. The largest absolute Gasteiger partial charge is 0.454 e. The molecule has 1 aromatic carbocycles. The molecule has 1 saturated heterocycles. The normalized spacial score (nSPS) is 17.8. The van der Waals surface area contributed by atoms with Crippen molar-refractivity contribution >= 4 is 0 Å². The molecule has 2 aromatic rings. The maximum atomic E-state index is 5.47. The molecular weight excluding hydrogens is 314 g/mol. The molecule has 0 atom stereocenters. The zero-order valence-corrected chi connectivity index (χ0v) is 14.8. The van der Waals surface area contributed by atoms with Gasteiger partial charge < -0.3 is 9.47 Å². The first-order valence-electron chi connectivity index (χ1n) is 9.07. The van der Waals surface area contributed by atoms with Crippen LogP contribution in [0.25, 0.3) is 0 Å². The summed E-state index contributed by atoms with van der Waals surface area (Å²) in [5.74, 6) is 1.73. The minimum Gasteiger partial charge on any atom is -0.454 e. The quantitative estimate of drug-likeness (QED) is 0.837. The van der Waals surface area contributed by atoms with Crippen LogP contribution in [0.5, 0.6) is 11.5 Å². The van der Waals surface area contributed by atoms with Gasteiger partial charge in [0, 0.05) is 45.5 Å². The van der Waals surface area contributed by atoms with Gasteiger partial charge >= 0.3 is 0 Å². The molecule has 3 heterocycles. The van der Waals surface area contributed by atoms with Gasteiger partial charge in [-0.2, -0.15) is 0 Å². The van der Waals surface area contributed by atoms with E-state index in [1.165, 1.54) is 16.8 Å². The first-order chi connectivity index (χ1) is 12.3. The Morgan fingerprint density at radius 3 is 2.32 bits per heavy atom. The van der Waals surface area contributed by atoms with Crippen molar-refractivity contribution in [3.8, 4) is 11.5 Å². The van der Waals surface area contributed by atoms with Crippen LogP contribution in [0.2, 0.25) is 0 Å². The molecule has 0 spiro atoms. The molecule has 4 rings (SSSR count). The zero-order chi connectivity index (χ0) is 17.1. The van der Waals surface area contributed by atoms with Crippen molar-refractivity contribution in [1.29, 1.82) is 0 Å². The summed E-state index contributed by atoms with van der Waals surface area (Å²) < 4.78 is 10.9. The fourth-order valence-corrected chi connectivity index (χ4v) is 3.39. The lowest BCUT2D eigenvalue weighted by atomic mass is 10.1. The average Bonchev–Trinajstić information content (AvgIpc) is 3.12. The summed E-state index contributed by atoms with van der Waals surface area (Å²) in [5.41, 5.74) is 3.76. The van der Waals surface area contributed by atoms with Crippen molar-refractivity contribution in [2.24, 2.45) is 0 Å². The minimum absolute atomic E-state index is 0.338. The van der Waals surface area contributed by atoms with Crippen LogP contribution in [-0.4, -0.2) is 47.8 Å². The van der Waals surface area contributed by atoms with E-state index in [2.05, 4.69) is 46.0 Å². The van der Waals surface area contributed by atoms with Gasteiger partial charge in [-0.1, -0.05) is 19.1 Å². The monoisotopic (exact) mass is 339 g/mol. The minimum atomic E-state index is 0.338. The second-order valence-corrected chi connectivity index (χ2v) is 6.75. The highest BCUT2D eigenvalue weighted by molar-refractivity contribution is 5.44. The van der Waals surface area contributed by atoms with E-state index < -0.39 is 0 Å². The highest BCUT2D eigenvalue weighted by Gasteiger charge is 2.19. The standard InChI is InChI=1S/C20H25N3O2/c1-2-16-3-5-18(21-12-16)14-23-9-7-22(8-10-23)13-17-4-6-19-20(11-17)25-15-24-19/h3-6,11-12H,2,7-10,13-15H2,1H3. The molecule has 5 nitrogen and oxygen atoms in total. The fraction of sp³-hybridized carbons (Fsp3) is 0.450. The van der Waals surface area contributed by atoms with E-state index in [1.54, 1.807) is 0 Å². The molecule has 1 aromatic heterocycles. The Kier molecular flexibility index (Phi) is 4.85. The summed E-state index contributed by atoms with van der Waals surface area (Å²) in [5, 5.41) is 0. The highest BCUT2D eigenvalue weighted by Crippen LogP contribution is 2.32. The Bertz CT molecular complexity index is 709. The van der Waals surface area contributed by atoms with E-state index in [4.69, 9.17) is 9.47 Å². The lowest BCUT2D eigenvalue weighted by Crippen LogP contribution is -2.45. The topological polar surface area (TPSA) is 37.8 Å². The third-order valence-corrected chi connectivity index (χ3v) is 4.99. The maximum Gasteiger partial charge on any atom is 0.231 e. The number of rotatable bonds is 5. The summed E-state index contributed by atoms with van der Waals surface area (Å²) in [6.07, 6.45) is 3.05. The number of benzene rings is 1. The number of pyridine rings is 1. The Morgan fingerprint density at radius 2 is 1.60 bits per heavy atom. The first kappa shape index (κ1) is 16.4. The predicted octanol–water partition coefficient (Wildman–Crippen LogP) is 2.69. The molecule has 1 fully saturated rings. The van der Waals surface area contributed by atoms with Crippen LogP contribution in [0, 0.1) is 0 Å². The van der Waals surface area contributed by atoms with E-state index in [9.17, 15) is 0 Å². The second kappa shape index (κ2) is 7.42. The number of ether oxygens (including phenoxy) is 2. The van der Waals surface area contributed by atoms with Crippen LogP contribution in [0.4, 0.5) is 0 Å². The van der Waals surface area contributed by atoms with E-state index >= 15 is 0 Å². The van der Waals surface area contributed by atoms with Gasteiger partial charge in [0.2, 0.25) is 6.79 Å². The van der Waals surface area contributed by atoms with Gasteiger partial charge in [0.25, 0.3) is 0 Å². The molecule has 2 aliphatic rings. The van der Waals surface area contributed by atoms with E-state index in [0.29, 0.717) is 6.79 Å². The van der Waals surface area contributed by atoms with Crippen LogP contribution in [-0.2, 0) is 19.5 Å². The summed E-state index contributed by atoms with van der Waals surface area (Å²) in [7, 11) is 0. The van der Waals surface area contributed by atoms with E-state index in [-0.39, 0.29) is 0 Å². The lowest BCUT2D eigenvalue weighted by molar-refractivity contribution is 0.121. The third-order valence-electron chi connectivity index (χ3n) is 4.99. The molecule has 2 aliphatic heterocycles. The van der Waals surface area contributed by atoms with Gasteiger partial charge in [-0.05, 0) is 35.7 Å². The molecule has 0 saturated carbocycles. The van der Waals surface area contributed by atoms with Gasteiger partial charge in [0.05, 0.1) is 5.69 Å². The molecule has 0 radical (unpaired) electrons. The number of piperazine rings is 1. The number of nitrogens with zero attached hydrogens (tertiary/aromatic N) is 3. The molecule has 25 heavy (non-hydrogen) atoms. The van der Waals surface area contributed by atoms with Crippen molar-refractivity contribution in [1.82, 2.24) is 14.8 Å². The fourth-order valence-electron chi connectivity index (χ4n) is 3.39. The molecule has 0 aliphatic carbocycles. The SMILES string of the molecule is CCc1ccc(CN2CCN(Cc3ccc4c(c3)OCO4)CC2)nc1. The van der Waals surface area contributed by atoms with Crippen LogP contribution in [0.3, 0.4) is 0 Å². The summed E-state index contributed by atoms with van der Waals surface area (Å²) in [6, 6.07) is 10.6. The first-order valence-corrected chi connectivity index (χ1v) is 9.07. The van der Waals surface area contributed by atoms with Crippen molar-refractivity contribution in [2.45, 2.75) is 26.4 Å². The van der Waals surface area contributed by atoms with Crippen molar-refractivity contribution in [3.63, 3.8) is 0 Å². The molecule has 132 valence electrons. The molecule has 0 unspecified atom stereocenters. The number of hydrogen-bond acceptors (Lipinski definition) is 5. The van der Waals surface area contributed by atoms with Gasteiger partial charge in [-0.15, -0.1) is 0 Å². The number of aryl methyl sites for hydroxylation is 1. The van der Waals surface area contributed by atoms with Crippen LogP contribution in [0.15, 0.2) is 36.5 Å². The Morgan fingerprint density at radius 1 is 0.880 bits per heavy atom. The lowest BCUT2D eigenvalue weighted by Gasteiger charge is -2.34. The molecule has 0 amide bonds.